The molecule has 0 radical (unpaired) electrons. The molecule has 96 heavy (non-hydrogen) atoms. The van der Waals surface area contributed by atoms with E-state index in [1.807, 2.05) is 0 Å². The fourth-order valence-corrected chi connectivity index (χ4v) is 13.5. The Balaban J connectivity index is 5.24. The minimum atomic E-state index is -4.96. The molecule has 0 rings (SSSR count). The zero-order valence-electron chi connectivity index (χ0n) is 62.5. The Labute approximate surface area is 588 Å². The van der Waals surface area contributed by atoms with Crippen molar-refractivity contribution in [3.05, 3.63) is 0 Å². The standard InChI is InChI=1S/C77H150O17P2/c1-6-9-12-15-18-21-24-27-29-30-31-32-34-37-42-47-52-57-62-76(81)93-72(66-88-75(80)61-56-51-46-41-36-33-28-25-22-19-16-13-10-7-2)68-91-95(83,84)89-64-71(78)65-90-96(85,86)92-69-73(94-77(82)63-58-53-48-43-38-39-44-49-54-59-70(4)5)67-87-74(79)60-55-50-45-40-35-26-23-20-17-14-11-8-3/h70-73,78H,6-69H2,1-5H3,(H,83,84)(H,85,86)/t71-,72-,73-/m1/s1. The van der Waals surface area contributed by atoms with Crippen LogP contribution in [0.4, 0.5) is 0 Å². The molecule has 0 aromatic heterocycles. The van der Waals surface area contributed by atoms with E-state index in [1.165, 1.54) is 231 Å². The van der Waals surface area contributed by atoms with E-state index in [1.54, 1.807) is 0 Å². The van der Waals surface area contributed by atoms with Crippen LogP contribution in [-0.4, -0.2) is 96.7 Å². The van der Waals surface area contributed by atoms with E-state index in [-0.39, 0.29) is 25.7 Å². The summed E-state index contributed by atoms with van der Waals surface area (Å²) in [5.74, 6) is -1.37. The number of phosphoric acid groups is 2. The molecule has 2 unspecified atom stereocenters. The van der Waals surface area contributed by atoms with E-state index in [0.29, 0.717) is 25.7 Å². The Hall–Kier alpha value is -1.94. The van der Waals surface area contributed by atoms with Gasteiger partial charge in [0.1, 0.15) is 19.3 Å². The topological polar surface area (TPSA) is 237 Å². The molecule has 0 fully saturated rings. The minimum absolute atomic E-state index is 0.106. The maximum absolute atomic E-state index is 13.1. The predicted molar refractivity (Wildman–Crippen MR) is 391 cm³/mol. The lowest BCUT2D eigenvalue weighted by molar-refractivity contribution is -0.161. The number of aliphatic hydroxyl groups excluding tert-OH is 1. The molecule has 0 aromatic carbocycles. The van der Waals surface area contributed by atoms with Crippen molar-refractivity contribution in [2.45, 2.75) is 425 Å². The lowest BCUT2D eigenvalue weighted by atomic mass is 10.0. The molecule has 570 valence electrons. The first-order valence-electron chi connectivity index (χ1n) is 40.1. The third-order valence-corrected chi connectivity index (χ3v) is 19.9. The third-order valence-electron chi connectivity index (χ3n) is 18.0. The second-order valence-corrected chi connectivity index (χ2v) is 31.1. The van der Waals surface area contributed by atoms with Gasteiger partial charge in [0.15, 0.2) is 12.2 Å². The fraction of sp³-hybridized carbons (Fsp3) is 0.948. The Morgan fingerprint density at radius 1 is 0.281 bits per heavy atom. The Morgan fingerprint density at radius 3 is 0.708 bits per heavy atom. The number of rotatable bonds is 77. The van der Waals surface area contributed by atoms with Crippen LogP contribution in [0.15, 0.2) is 0 Å². The SMILES string of the molecule is CCCCCCCCCCCCCCCCCCCCC(=O)O[C@H](COC(=O)CCCCCCCCCCCCCCCC)COP(=O)(O)OC[C@@H](O)COP(=O)(O)OC[C@@H](COC(=O)CCCCCCCCCCCCCC)OC(=O)CCCCCCCCCCCC(C)C. The number of carbonyl (C=O) groups is 4. The molecular formula is C77H150O17P2. The Bertz CT molecular complexity index is 1840. The Morgan fingerprint density at radius 2 is 0.479 bits per heavy atom. The summed E-state index contributed by atoms with van der Waals surface area (Å²) in [6.45, 7) is 7.28. The van der Waals surface area contributed by atoms with E-state index < -0.39 is 97.5 Å². The van der Waals surface area contributed by atoms with Crippen LogP contribution in [0.1, 0.15) is 407 Å². The second kappa shape index (κ2) is 70.1. The van der Waals surface area contributed by atoms with Gasteiger partial charge in [0.2, 0.25) is 0 Å². The zero-order chi connectivity index (χ0) is 70.5. The van der Waals surface area contributed by atoms with Gasteiger partial charge in [-0.2, -0.15) is 0 Å². The second-order valence-electron chi connectivity index (χ2n) is 28.2. The minimum Gasteiger partial charge on any atom is -0.462 e. The van der Waals surface area contributed by atoms with Gasteiger partial charge in [0.25, 0.3) is 0 Å². The fourth-order valence-electron chi connectivity index (χ4n) is 11.9. The number of carbonyl (C=O) groups excluding carboxylic acids is 4. The van der Waals surface area contributed by atoms with Crippen LogP contribution in [0.2, 0.25) is 0 Å². The highest BCUT2D eigenvalue weighted by Crippen LogP contribution is 2.45. The molecule has 0 saturated heterocycles. The summed E-state index contributed by atoms with van der Waals surface area (Å²) in [5.41, 5.74) is 0. The van der Waals surface area contributed by atoms with E-state index >= 15 is 0 Å². The molecule has 5 atom stereocenters. The summed E-state index contributed by atoms with van der Waals surface area (Å²) in [6.07, 6.45) is 59.5. The van der Waals surface area contributed by atoms with Crippen LogP contribution in [0.3, 0.4) is 0 Å². The summed E-state index contributed by atoms with van der Waals surface area (Å²) < 4.78 is 68.6. The molecule has 0 amide bonds. The van der Waals surface area contributed by atoms with Gasteiger partial charge in [0, 0.05) is 25.7 Å². The first kappa shape index (κ1) is 94.1. The van der Waals surface area contributed by atoms with Crippen LogP contribution in [0.5, 0.6) is 0 Å². The monoisotopic (exact) mass is 1410 g/mol. The molecule has 0 bridgehead atoms. The number of phosphoric ester groups is 2. The van der Waals surface area contributed by atoms with Crippen molar-refractivity contribution in [2.75, 3.05) is 39.6 Å². The number of esters is 4. The van der Waals surface area contributed by atoms with Gasteiger partial charge >= 0.3 is 39.5 Å². The number of hydrogen-bond acceptors (Lipinski definition) is 15. The van der Waals surface area contributed by atoms with E-state index in [0.717, 1.165) is 95.8 Å². The van der Waals surface area contributed by atoms with E-state index in [2.05, 4.69) is 34.6 Å². The van der Waals surface area contributed by atoms with Gasteiger partial charge < -0.3 is 33.8 Å². The van der Waals surface area contributed by atoms with Crippen molar-refractivity contribution in [1.82, 2.24) is 0 Å². The molecule has 0 aliphatic carbocycles. The summed E-state index contributed by atoms with van der Waals surface area (Å²) >= 11 is 0. The lowest BCUT2D eigenvalue weighted by Gasteiger charge is -2.21. The molecular weight excluding hydrogens is 1260 g/mol. The highest BCUT2D eigenvalue weighted by Gasteiger charge is 2.30. The van der Waals surface area contributed by atoms with E-state index in [9.17, 15) is 43.2 Å². The predicted octanol–water partition coefficient (Wildman–Crippen LogP) is 22.9. The van der Waals surface area contributed by atoms with Gasteiger partial charge in [-0.15, -0.1) is 0 Å². The number of ether oxygens (including phenoxy) is 4. The van der Waals surface area contributed by atoms with E-state index in [4.69, 9.17) is 37.0 Å². The molecule has 19 heteroatoms. The van der Waals surface area contributed by atoms with Crippen LogP contribution < -0.4 is 0 Å². The average Bonchev–Trinajstić information content (AvgIpc) is 1.66. The summed E-state index contributed by atoms with van der Waals surface area (Å²) in [6, 6.07) is 0. The average molecular weight is 1410 g/mol. The maximum Gasteiger partial charge on any atom is 0.472 e. The normalized spacial score (nSPS) is 13.9. The van der Waals surface area contributed by atoms with Crippen LogP contribution >= 0.6 is 15.6 Å². The molecule has 0 saturated carbocycles. The van der Waals surface area contributed by atoms with Gasteiger partial charge in [0.05, 0.1) is 26.4 Å². The highest BCUT2D eigenvalue weighted by atomic mass is 31.2. The number of unbranched alkanes of at least 4 members (excludes halogenated alkanes) is 49. The summed E-state index contributed by atoms with van der Waals surface area (Å²) in [7, 11) is -9.91. The van der Waals surface area contributed by atoms with Gasteiger partial charge in [-0.1, -0.05) is 356 Å². The first-order valence-corrected chi connectivity index (χ1v) is 43.1. The number of hydrogen-bond donors (Lipinski definition) is 3. The van der Waals surface area contributed by atoms with Crippen molar-refractivity contribution < 1.29 is 80.2 Å². The van der Waals surface area contributed by atoms with Crippen molar-refractivity contribution in [2.24, 2.45) is 5.92 Å². The maximum atomic E-state index is 13.1. The lowest BCUT2D eigenvalue weighted by Crippen LogP contribution is -2.30. The van der Waals surface area contributed by atoms with Gasteiger partial charge in [-0.25, -0.2) is 9.13 Å². The van der Waals surface area contributed by atoms with Crippen LogP contribution in [0.25, 0.3) is 0 Å². The molecule has 0 aliphatic heterocycles. The molecule has 0 heterocycles. The largest absolute Gasteiger partial charge is 0.472 e. The summed E-state index contributed by atoms with van der Waals surface area (Å²) in [4.78, 5) is 72.9. The molecule has 0 aliphatic rings. The van der Waals surface area contributed by atoms with Crippen molar-refractivity contribution in [3.8, 4) is 0 Å². The zero-order valence-corrected chi connectivity index (χ0v) is 64.3. The van der Waals surface area contributed by atoms with Crippen LogP contribution in [-0.2, 0) is 65.4 Å². The van der Waals surface area contributed by atoms with Gasteiger partial charge in [-0.3, -0.25) is 37.3 Å². The van der Waals surface area contributed by atoms with Crippen molar-refractivity contribution >= 4 is 39.5 Å². The quantitative estimate of drug-likeness (QED) is 0.0222. The molecule has 3 N–H and O–H groups in total. The third kappa shape index (κ3) is 70.5. The summed E-state index contributed by atoms with van der Waals surface area (Å²) in [5, 5.41) is 10.6. The highest BCUT2D eigenvalue weighted by molar-refractivity contribution is 7.47. The van der Waals surface area contributed by atoms with Crippen LogP contribution in [0, 0.1) is 5.92 Å². The molecule has 17 nitrogen and oxygen atoms in total. The smallest absolute Gasteiger partial charge is 0.462 e. The number of aliphatic hydroxyl groups is 1. The van der Waals surface area contributed by atoms with Crippen molar-refractivity contribution in [1.29, 1.82) is 0 Å². The first-order chi connectivity index (χ1) is 46.5. The molecule has 0 spiro atoms. The Kier molecular flexibility index (Phi) is 68.7. The molecule has 0 aromatic rings. The van der Waals surface area contributed by atoms with Crippen molar-refractivity contribution in [3.63, 3.8) is 0 Å². The van der Waals surface area contributed by atoms with Gasteiger partial charge in [-0.05, 0) is 31.6 Å².